The van der Waals surface area contributed by atoms with E-state index >= 15 is 0 Å². The number of H-pyrrole nitrogens is 1. The summed E-state index contributed by atoms with van der Waals surface area (Å²) in [4.78, 5) is 65.9. The lowest BCUT2D eigenvalue weighted by Gasteiger charge is -2.25. The SMILES string of the molecule is NCCCCC(N)C(=O)NC(Cc1c[nH]c2ccccc12)C(=O)NC(CC(N)=O)C(=O)NC(CCCCN)C(=O)O. The molecule has 4 atom stereocenters. The van der Waals surface area contributed by atoms with Crippen LogP contribution in [0.4, 0.5) is 0 Å². The molecule has 13 N–H and O–H groups in total. The van der Waals surface area contributed by atoms with E-state index in [1.54, 1.807) is 6.20 Å². The molecule has 2 aromatic rings. The largest absolute Gasteiger partial charge is 0.480 e. The molecule has 0 saturated heterocycles. The Morgan fingerprint density at radius 3 is 2.02 bits per heavy atom. The molecule has 1 aromatic carbocycles. The predicted molar refractivity (Wildman–Crippen MR) is 153 cm³/mol. The summed E-state index contributed by atoms with van der Waals surface area (Å²) in [6.07, 6.45) is 3.96. The van der Waals surface area contributed by atoms with Crippen LogP contribution >= 0.6 is 0 Å². The molecule has 1 aromatic heterocycles. The molecular weight excluding hydrogens is 532 g/mol. The third kappa shape index (κ3) is 10.8. The number of fused-ring (bicyclic) bond motifs is 1. The lowest BCUT2D eigenvalue weighted by molar-refractivity contribution is -0.142. The first-order valence-corrected chi connectivity index (χ1v) is 13.7. The second-order valence-corrected chi connectivity index (χ2v) is 9.93. The van der Waals surface area contributed by atoms with Crippen LogP contribution in [0.1, 0.15) is 50.5 Å². The Morgan fingerprint density at radius 1 is 0.805 bits per heavy atom. The minimum atomic E-state index is -1.48. The average molecular weight is 575 g/mol. The summed E-state index contributed by atoms with van der Waals surface area (Å²) in [6.45, 7) is 0.819. The van der Waals surface area contributed by atoms with Crippen molar-refractivity contribution in [1.82, 2.24) is 20.9 Å². The molecule has 0 fully saturated rings. The number of aromatic amines is 1. The first-order valence-electron chi connectivity index (χ1n) is 13.7. The predicted octanol–water partition coefficient (Wildman–Crippen LogP) is -1.29. The summed E-state index contributed by atoms with van der Waals surface area (Å²) in [5.74, 6) is -4.39. The molecule has 1 heterocycles. The number of carboxylic acids is 1. The molecule has 0 bridgehead atoms. The van der Waals surface area contributed by atoms with E-state index in [1.165, 1.54) is 0 Å². The number of para-hydroxylation sites is 1. The van der Waals surface area contributed by atoms with Crippen LogP contribution in [0.25, 0.3) is 10.9 Å². The molecule has 14 nitrogen and oxygen atoms in total. The van der Waals surface area contributed by atoms with Gasteiger partial charge in [-0.25, -0.2) is 4.79 Å². The molecule has 0 aliphatic heterocycles. The number of rotatable bonds is 19. The van der Waals surface area contributed by atoms with Gasteiger partial charge in [0.2, 0.25) is 23.6 Å². The number of carbonyl (C=O) groups excluding carboxylic acids is 4. The molecule has 226 valence electrons. The Kier molecular flexibility index (Phi) is 13.7. The molecule has 4 unspecified atom stereocenters. The Bertz CT molecular complexity index is 1190. The number of aromatic nitrogens is 1. The van der Waals surface area contributed by atoms with Gasteiger partial charge in [-0.05, 0) is 56.8 Å². The van der Waals surface area contributed by atoms with Gasteiger partial charge >= 0.3 is 5.97 Å². The van der Waals surface area contributed by atoms with Gasteiger partial charge in [-0.15, -0.1) is 0 Å². The lowest BCUT2D eigenvalue weighted by atomic mass is 10.0. The van der Waals surface area contributed by atoms with Gasteiger partial charge in [-0.2, -0.15) is 0 Å². The topological polar surface area (TPSA) is 262 Å². The molecule has 0 aliphatic rings. The van der Waals surface area contributed by atoms with Gasteiger partial charge in [0.25, 0.3) is 0 Å². The highest BCUT2D eigenvalue weighted by Crippen LogP contribution is 2.19. The van der Waals surface area contributed by atoms with Crippen molar-refractivity contribution in [2.45, 2.75) is 75.5 Å². The van der Waals surface area contributed by atoms with Gasteiger partial charge < -0.3 is 49.0 Å². The standard InChI is InChI=1S/C27H42N8O6/c28-11-5-3-8-18(30)24(37)34-21(13-16-15-32-19-9-2-1-7-17(16)19)25(38)35-22(14-23(31)36)26(39)33-20(27(40)41)10-4-6-12-29/h1-2,7,9,15,18,20-22,32H,3-6,8,10-14,28-30H2,(H2,31,36)(H,33,39)(H,34,37)(H,35,38)(H,40,41). The highest BCUT2D eigenvalue weighted by Gasteiger charge is 2.31. The van der Waals surface area contributed by atoms with Crippen LogP contribution < -0.4 is 38.9 Å². The summed E-state index contributed by atoms with van der Waals surface area (Å²) in [7, 11) is 0. The fraction of sp³-hybridized carbons (Fsp3) is 0.519. The van der Waals surface area contributed by atoms with Gasteiger partial charge in [0.1, 0.15) is 18.1 Å². The summed E-state index contributed by atoms with van der Waals surface area (Å²) in [6, 6.07) is 2.60. The van der Waals surface area contributed by atoms with E-state index in [2.05, 4.69) is 20.9 Å². The second-order valence-electron chi connectivity index (χ2n) is 9.93. The highest BCUT2D eigenvalue weighted by molar-refractivity contribution is 5.96. The van der Waals surface area contributed by atoms with E-state index in [4.69, 9.17) is 22.9 Å². The minimum absolute atomic E-state index is 0.0405. The molecule has 0 radical (unpaired) electrons. The number of amides is 4. The van der Waals surface area contributed by atoms with Gasteiger partial charge in [-0.1, -0.05) is 24.6 Å². The third-order valence-corrected chi connectivity index (χ3v) is 6.64. The molecule has 0 aliphatic carbocycles. The van der Waals surface area contributed by atoms with Crippen molar-refractivity contribution >= 4 is 40.5 Å². The van der Waals surface area contributed by atoms with Crippen LogP contribution in [-0.4, -0.2) is 76.9 Å². The number of nitrogens with one attached hydrogen (secondary N) is 4. The maximum atomic E-state index is 13.5. The number of unbranched alkanes of at least 4 members (excludes halogenated alkanes) is 2. The number of hydrogen-bond donors (Lipinski definition) is 9. The smallest absolute Gasteiger partial charge is 0.326 e. The zero-order chi connectivity index (χ0) is 30.4. The number of carbonyl (C=O) groups is 5. The monoisotopic (exact) mass is 574 g/mol. The Balaban J connectivity index is 2.26. The van der Waals surface area contributed by atoms with Crippen LogP contribution in [0.15, 0.2) is 30.5 Å². The zero-order valence-corrected chi connectivity index (χ0v) is 23.1. The Morgan fingerprint density at radius 2 is 1.39 bits per heavy atom. The average Bonchev–Trinajstić information content (AvgIpc) is 3.34. The van der Waals surface area contributed by atoms with E-state index < -0.39 is 60.2 Å². The van der Waals surface area contributed by atoms with Gasteiger partial charge in [0.15, 0.2) is 0 Å². The second kappa shape index (κ2) is 16.9. The van der Waals surface area contributed by atoms with Crippen molar-refractivity contribution < 1.29 is 29.1 Å². The number of benzene rings is 1. The summed E-state index contributed by atoms with van der Waals surface area (Å²) in [5, 5.41) is 17.8. The Hall–Kier alpha value is -4.01. The normalized spacial score (nSPS) is 14.0. The van der Waals surface area contributed by atoms with E-state index in [9.17, 15) is 29.1 Å². The number of aliphatic carboxylic acids is 1. The van der Waals surface area contributed by atoms with E-state index in [0.717, 1.165) is 16.5 Å². The molecule has 0 saturated carbocycles. The molecular formula is C27H42N8O6. The van der Waals surface area contributed by atoms with Gasteiger partial charge in [0, 0.05) is 23.5 Å². The van der Waals surface area contributed by atoms with E-state index in [0.29, 0.717) is 45.2 Å². The van der Waals surface area contributed by atoms with Crippen molar-refractivity contribution in [3.05, 3.63) is 36.0 Å². The van der Waals surface area contributed by atoms with E-state index in [1.807, 2.05) is 24.3 Å². The van der Waals surface area contributed by atoms with Crippen molar-refractivity contribution in [2.24, 2.45) is 22.9 Å². The van der Waals surface area contributed by atoms with Crippen LogP contribution in [-0.2, 0) is 30.4 Å². The zero-order valence-electron chi connectivity index (χ0n) is 23.1. The van der Waals surface area contributed by atoms with Crippen LogP contribution in [0.2, 0.25) is 0 Å². The number of nitrogens with two attached hydrogens (primary N) is 4. The van der Waals surface area contributed by atoms with Crippen LogP contribution in [0.3, 0.4) is 0 Å². The first-order chi connectivity index (χ1) is 19.6. The summed E-state index contributed by atoms with van der Waals surface area (Å²) < 4.78 is 0. The maximum Gasteiger partial charge on any atom is 0.326 e. The summed E-state index contributed by atoms with van der Waals surface area (Å²) >= 11 is 0. The van der Waals surface area contributed by atoms with Gasteiger partial charge in [0.05, 0.1) is 12.5 Å². The third-order valence-electron chi connectivity index (χ3n) is 6.64. The van der Waals surface area contributed by atoms with Crippen molar-refractivity contribution in [3.8, 4) is 0 Å². The first kappa shape index (κ1) is 33.2. The quantitative estimate of drug-likeness (QED) is 0.0902. The fourth-order valence-corrected chi connectivity index (χ4v) is 4.35. The minimum Gasteiger partial charge on any atom is -0.480 e. The lowest BCUT2D eigenvalue weighted by Crippen LogP contribution is -2.58. The molecule has 4 amide bonds. The summed E-state index contributed by atoms with van der Waals surface area (Å²) in [5.41, 5.74) is 23.9. The Labute approximate surface area is 238 Å². The number of primary amides is 1. The van der Waals surface area contributed by atoms with Gasteiger partial charge in [-0.3, -0.25) is 19.2 Å². The van der Waals surface area contributed by atoms with E-state index in [-0.39, 0.29) is 12.8 Å². The number of carboxylic acid groups (broad SMARTS) is 1. The number of hydrogen-bond acceptors (Lipinski definition) is 8. The molecule has 2 rings (SSSR count). The van der Waals surface area contributed by atoms with Crippen LogP contribution in [0, 0.1) is 0 Å². The van der Waals surface area contributed by atoms with Crippen molar-refractivity contribution in [2.75, 3.05) is 13.1 Å². The van der Waals surface area contributed by atoms with Crippen molar-refractivity contribution in [3.63, 3.8) is 0 Å². The molecule has 0 spiro atoms. The maximum absolute atomic E-state index is 13.5. The molecule has 41 heavy (non-hydrogen) atoms. The van der Waals surface area contributed by atoms with Crippen molar-refractivity contribution in [1.29, 1.82) is 0 Å². The highest BCUT2D eigenvalue weighted by atomic mass is 16.4. The molecule has 14 heteroatoms. The fourth-order valence-electron chi connectivity index (χ4n) is 4.35. The van der Waals surface area contributed by atoms with Crippen LogP contribution in [0.5, 0.6) is 0 Å².